The summed E-state index contributed by atoms with van der Waals surface area (Å²) in [5.74, 6) is 2.04. The Morgan fingerprint density at radius 2 is 2.29 bits per heavy atom. The van der Waals surface area contributed by atoms with Crippen LogP contribution in [0.1, 0.15) is 47.3 Å². The highest BCUT2D eigenvalue weighted by molar-refractivity contribution is 5.92. The van der Waals surface area contributed by atoms with Gasteiger partial charge in [0.05, 0.1) is 12.1 Å². The van der Waals surface area contributed by atoms with E-state index in [4.69, 9.17) is 10.3 Å². The molecule has 2 aromatic heterocycles. The van der Waals surface area contributed by atoms with E-state index in [1.54, 1.807) is 12.1 Å². The summed E-state index contributed by atoms with van der Waals surface area (Å²) in [6.45, 7) is 0.499. The molecule has 0 aliphatic heterocycles. The van der Waals surface area contributed by atoms with Gasteiger partial charge in [-0.2, -0.15) is 4.98 Å². The molecule has 0 radical (unpaired) electrons. The number of primary amides is 1. The predicted octanol–water partition coefficient (Wildman–Crippen LogP) is 1.47. The fourth-order valence-corrected chi connectivity index (χ4v) is 2.20. The largest absolute Gasteiger partial charge is 0.366 e. The maximum Gasteiger partial charge on any atom is 0.250 e. The SMILES string of the molecule is CN(Cc1noc(C2CCC2)n1)c1ccc(C(N)=O)cn1. The Hall–Kier alpha value is -2.44. The van der Waals surface area contributed by atoms with Gasteiger partial charge in [0.2, 0.25) is 11.8 Å². The molecule has 21 heavy (non-hydrogen) atoms. The maximum absolute atomic E-state index is 11.0. The molecule has 110 valence electrons. The summed E-state index contributed by atoms with van der Waals surface area (Å²) in [5.41, 5.74) is 5.58. The van der Waals surface area contributed by atoms with E-state index in [1.807, 2.05) is 11.9 Å². The molecule has 2 heterocycles. The van der Waals surface area contributed by atoms with Gasteiger partial charge in [-0.05, 0) is 25.0 Å². The molecule has 0 bridgehead atoms. The van der Waals surface area contributed by atoms with Crippen LogP contribution in [0.5, 0.6) is 0 Å². The van der Waals surface area contributed by atoms with E-state index in [1.165, 1.54) is 12.6 Å². The number of nitrogens with zero attached hydrogens (tertiary/aromatic N) is 4. The smallest absolute Gasteiger partial charge is 0.250 e. The highest BCUT2D eigenvalue weighted by atomic mass is 16.5. The van der Waals surface area contributed by atoms with Crippen LogP contribution in [0.15, 0.2) is 22.9 Å². The summed E-state index contributed by atoms with van der Waals surface area (Å²) in [5, 5.41) is 4.00. The van der Waals surface area contributed by atoms with Crippen LogP contribution in [0.4, 0.5) is 5.82 Å². The summed E-state index contributed by atoms with van der Waals surface area (Å²) in [6, 6.07) is 3.39. The molecule has 1 aliphatic carbocycles. The lowest BCUT2D eigenvalue weighted by molar-refractivity contribution is 0.1000. The van der Waals surface area contributed by atoms with Crippen molar-refractivity contribution < 1.29 is 9.32 Å². The number of carbonyl (C=O) groups is 1. The van der Waals surface area contributed by atoms with E-state index >= 15 is 0 Å². The van der Waals surface area contributed by atoms with Gasteiger partial charge in [-0.1, -0.05) is 11.6 Å². The standard InChI is InChI=1S/C14H17N5O2/c1-19(12-6-5-10(7-16-12)13(15)20)8-11-17-14(21-18-11)9-3-2-4-9/h5-7,9H,2-4,8H2,1H3,(H2,15,20). The molecule has 7 nitrogen and oxygen atoms in total. The number of carbonyl (C=O) groups excluding carboxylic acids is 1. The number of hydrogen-bond acceptors (Lipinski definition) is 6. The van der Waals surface area contributed by atoms with Crippen LogP contribution in [0, 0.1) is 0 Å². The van der Waals surface area contributed by atoms with Crippen molar-refractivity contribution in [2.75, 3.05) is 11.9 Å². The van der Waals surface area contributed by atoms with Gasteiger partial charge in [0.15, 0.2) is 5.82 Å². The third kappa shape index (κ3) is 2.86. The van der Waals surface area contributed by atoms with Crippen LogP contribution in [0.3, 0.4) is 0 Å². The molecule has 2 N–H and O–H groups in total. The third-order valence-corrected chi connectivity index (χ3v) is 3.74. The average Bonchev–Trinajstić information content (AvgIpc) is 2.85. The molecular formula is C14H17N5O2. The lowest BCUT2D eigenvalue weighted by Gasteiger charge is -2.20. The Balaban J connectivity index is 1.66. The van der Waals surface area contributed by atoms with Crippen LogP contribution in [-0.4, -0.2) is 28.1 Å². The number of nitrogens with two attached hydrogens (primary N) is 1. The van der Waals surface area contributed by atoms with Crippen molar-refractivity contribution >= 4 is 11.7 Å². The molecule has 0 unspecified atom stereocenters. The summed E-state index contributed by atoms with van der Waals surface area (Å²) in [4.78, 5) is 21.5. The predicted molar refractivity (Wildman–Crippen MR) is 75.8 cm³/mol. The van der Waals surface area contributed by atoms with Gasteiger partial charge in [0.25, 0.3) is 0 Å². The summed E-state index contributed by atoms with van der Waals surface area (Å²) in [6.07, 6.45) is 4.96. The third-order valence-electron chi connectivity index (χ3n) is 3.74. The van der Waals surface area contributed by atoms with E-state index in [2.05, 4.69) is 15.1 Å². The Kier molecular flexibility index (Phi) is 3.55. The first-order valence-electron chi connectivity index (χ1n) is 6.93. The number of rotatable bonds is 5. The van der Waals surface area contributed by atoms with Crippen molar-refractivity contribution in [2.45, 2.75) is 31.7 Å². The quantitative estimate of drug-likeness (QED) is 0.894. The highest BCUT2D eigenvalue weighted by Crippen LogP contribution is 2.35. The van der Waals surface area contributed by atoms with Gasteiger partial charge in [0.1, 0.15) is 5.82 Å². The van der Waals surface area contributed by atoms with Gasteiger partial charge >= 0.3 is 0 Å². The molecule has 1 aliphatic rings. The molecule has 0 spiro atoms. The number of pyridine rings is 1. The minimum Gasteiger partial charge on any atom is -0.366 e. The first kappa shape index (κ1) is 13.5. The van der Waals surface area contributed by atoms with Gasteiger partial charge in [0, 0.05) is 19.2 Å². The second kappa shape index (κ2) is 5.51. The monoisotopic (exact) mass is 287 g/mol. The normalized spacial score (nSPS) is 14.7. The Morgan fingerprint density at radius 1 is 1.48 bits per heavy atom. The number of hydrogen-bond donors (Lipinski definition) is 1. The summed E-state index contributed by atoms with van der Waals surface area (Å²) in [7, 11) is 1.88. The molecule has 0 aromatic carbocycles. The van der Waals surface area contributed by atoms with Crippen molar-refractivity contribution in [3.8, 4) is 0 Å². The van der Waals surface area contributed by atoms with E-state index in [9.17, 15) is 4.79 Å². The minimum absolute atomic E-state index is 0.388. The maximum atomic E-state index is 11.0. The van der Waals surface area contributed by atoms with Crippen molar-refractivity contribution in [1.82, 2.24) is 15.1 Å². The fourth-order valence-electron chi connectivity index (χ4n) is 2.20. The van der Waals surface area contributed by atoms with Crippen LogP contribution < -0.4 is 10.6 Å². The lowest BCUT2D eigenvalue weighted by atomic mass is 9.85. The minimum atomic E-state index is -0.486. The number of amides is 1. The number of aromatic nitrogens is 3. The first-order chi connectivity index (χ1) is 10.1. The molecule has 0 saturated heterocycles. The van der Waals surface area contributed by atoms with Crippen LogP contribution in [0.2, 0.25) is 0 Å². The second-order valence-electron chi connectivity index (χ2n) is 5.30. The van der Waals surface area contributed by atoms with Crippen molar-refractivity contribution in [1.29, 1.82) is 0 Å². The zero-order valence-electron chi connectivity index (χ0n) is 11.8. The van der Waals surface area contributed by atoms with Crippen molar-refractivity contribution in [3.63, 3.8) is 0 Å². The van der Waals surface area contributed by atoms with E-state index < -0.39 is 5.91 Å². The average molecular weight is 287 g/mol. The van der Waals surface area contributed by atoms with Gasteiger partial charge in [-0.15, -0.1) is 0 Å². The van der Waals surface area contributed by atoms with Crippen LogP contribution in [0.25, 0.3) is 0 Å². The molecule has 1 amide bonds. The molecule has 1 fully saturated rings. The van der Waals surface area contributed by atoms with Gasteiger partial charge < -0.3 is 15.2 Å². The van der Waals surface area contributed by atoms with E-state index in [-0.39, 0.29) is 0 Å². The van der Waals surface area contributed by atoms with Crippen molar-refractivity contribution in [3.05, 3.63) is 35.6 Å². The van der Waals surface area contributed by atoms with E-state index in [0.717, 1.165) is 24.6 Å². The Bertz CT molecular complexity index is 633. The summed E-state index contributed by atoms with van der Waals surface area (Å²) < 4.78 is 5.29. The van der Waals surface area contributed by atoms with Crippen molar-refractivity contribution in [2.24, 2.45) is 5.73 Å². The fraction of sp³-hybridized carbons (Fsp3) is 0.429. The zero-order chi connectivity index (χ0) is 14.8. The Morgan fingerprint density at radius 3 is 2.86 bits per heavy atom. The molecular weight excluding hydrogens is 270 g/mol. The van der Waals surface area contributed by atoms with Gasteiger partial charge in [-0.25, -0.2) is 4.98 Å². The molecule has 1 saturated carbocycles. The van der Waals surface area contributed by atoms with Crippen LogP contribution in [-0.2, 0) is 6.54 Å². The molecule has 3 rings (SSSR count). The highest BCUT2D eigenvalue weighted by Gasteiger charge is 2.25. The zero-order valence-corrected chi connectivity index (χ0v) is 11.8. The van der Waals surface area contributed by atoms with Crippen LogP contribution >= 0.6 is 0 Å². The Labute approximate surface area is 122 Å². The van der Waals surface area contributed by atoms with Gasteiger partial charge in [-0.3, -0.25) is 4.79 Å². The van der Waals surface area contributed by atoms with E-state index in [0.29, 0.717) is 23.9 Å². The second-order valence-corrected chi connectivity index (χ2v) is 5.30. The first-order valence-corrected chi connectivity index (χ1v) is 6.93. The molecule has 7 heteroatoms. The molecule has 0 atom stereocenters. The topological polar surface area (TPSA) is 98.1 Å². The summed E-state index contributed by atoms with van der Waals surface area (Å²) >= 11 is 0. The number of anilines is 1. The lowest BCUT2D eigenvalue weighted by Crippen LogP contribution is -2.19. The molecule has 2 aromatic rings.